The second-order valence-corrected chi connectivity index (χ2v) is 5.81. The van der Waals surface area contributed by atoms with E-state index in [2.05, 4.69) is 5.16 Å². The molecule has 1 aromatic carbocycles. The van der Waals surface area contributed by atoms with Crippen molar-refractivity contribution < 1.29 is 23.7 Å². The number of aromatic nitrogens is 2. The molecule has 1 aliphatic rings. The summed E-state index contributed by atoms with van der Waals surface area (Å²) >= 11 is 0. The molecule has 0 aliphatic carbocycles. The molecule has 0 saturated heterocycles. The predicted molar refractivity (Wildman–Crippen MR) is 89.5 cm³/mol. The van der Waals surface area contributed by atoms with Gasteiger partial charge in [0, 0.05) is 5.56 Å². The van der Waals surface area contributed by atoms with Gasteiger partial charge in [-0.15, -0.1) is 0 Å². The summed E-state index contributed by atoms with van der Waals surface area (Å²) in [5.41, 5.74) is 1.05. The quantitative estimate of drug-likeness (QED) is 0.564. The first kappa shape index (κ1) is 17.2. The standard InChI is InChI=1S/C18H22N3O4/c1-3-23-17(22)16-13-18(25-19-16,15-7-5-4-6-8-15)24-12-11-21-10-9-20(2)14-21/h4-10,14H,3,11-13H2,1-2H3/q+1. The van der Waals surface area contributed by atoms with Crippen LogP contribution in [0.15, 0.2) is 54.2 Å². The second-order valence-electron chi connectivity index (χ2n) is 5.81. The van der Waals surface area contributed by atoms with Gasteiger partial charge in [0.1, 0.15) is 18.9 Å². The Morgan fingerprint density at radius 3 is 2.88 bits per heavy atom. The van der Waals surface area contributed by atoms with Gasteiger partial charge in [-0.25, -0.2) is 13.9 Å². The van der Waals surface area contributed by atoms with Gasteiger partial charge in [-0.3, -0.25) is 0 Å². The molecule has 0 bridgehead atoms. The molecule has 2 aromatic rings. The number of esters is 1. The van der Waals surface area contributed by atoms with E-state index in [4.69, 9.17) is 14.3 Å². The van der Waals surface area contributed by atoms with Crippen molar-refractivity contribution in [2.75, 3.05) is 13.2 Å². The van der Waals surface area contributed by atoms with E-state index in [1.54, 1.807) is 6.92 Å². The van der Waals surface area contributed by atoms with E-state index in [-0.39, 0.29) is 12.1 Å². The number of oxime groups is 1. The van der Waals surface area contributed by atoms with Crippen molar-refractivity contribution in [2.45, 2.75) is 25.7 Å². The highest BCUT2D eigenvalue weighted by atomic mass is 16.8. The van der Waals surface area contributed by atoms with Gasteiger partial charge in [0.25, 0.3) is 5.79 Å². The smallest absolute Gasteiger partial charge is 0.356 e. The minimum atomic E-state index is -1.10. The van der Waals surface area contributed by atoms with Gasteiger partial charge >= 0.3 is 5.97 Å². The van der Waals surface area contributed by atoms with E-state index < -0.39 is 11.8 Å². The third-order valence-corrected chi connectivity index (χ3v) is 3.94. The van der Waals surface area contributed by atoms with E-state index in [0.717, 1.165) is 5.56 Å². The molecule has 25 heavy (non-hydrogen) atoms. The Kier molecular flexibility index (Phi) is 5.14. The molecule has 0 N–H and O–H groups in total. The second kappa shape index (κ2) is 7.48. The Morgan fingerprint density at radius 1 is 1.40 bits per heavy atom. The van der Waals surface area contributed by atoms with Crippen LogP contribution >= 0.6 is 0 Å². The molecule has 1 atom stereocenters. The molecule has 3 rings (SSSR count). The number of hydrogen-bond donors (Lipinski definition) is 0. The number of aryl methyl sites for hydroxylation is 1. The molecule has 0 spiro atoms. The lowest BCUT2D eigenvalue weighted by Crippen LogP contribution is -2.33. The third kappa shape index (κ3) is 3.88. The number of imidazole rings is 1. The zero-order valence-corrected chi connectivity index (χ0v) is 14.4. The van der Waals surface area contributed by atoms with Crippen LogP contribution in [0.4, 0.5) is 0 Å². The Bertz CT molecular complexity index is 757. The fourth-order valence-corrected chi connectivity index (χ4v) is 2.70. The maximum atomic E-state index is 12.0. The first-order chi connectivity index (χ1) is 12.1. The molecule has 0 radical (unpaired) electrons. The Morgan fingerprint density at radius 2 is 2.20 bits per heavy atom. The van der Waals surface area contributed by atoms with Gasteiger partial charge in [0.15, 0.2) is 5.71 Å². The summed E-state index contributed by atoms with van der Waals surface area (Å²) in [4.78, 5) is 17.6. The van der Waals surface area contributed by atoms with Crippen LogP contribution in [0, 0.1) is 0 Å². The van der Waals surface area contributed by atoms with E-state index in [0.29, 0.717) is 19.8 Å². The van der Waals surface area contributed by atoms with Crippen LogP contribution in [0.5, 0.6) is 0 Å². The lowest BCUT2D eigenvalue weighted by atomic mass is 10.0. The van der Waals surface area contributed by atoms with Crippen molar-refractivity contribution in [1.29, 1.82) is 0 Å². The molecule has 1 unspecified atom stereocenters. The van der Waals surface area contributed by atoms with Gasteiger partial charge < -0.3 is 14.3 Å². The zero-order chi connectivity index (χ0) is 17.7. The molecule has 0 amide bonds. The first-order valence-corrected chi connectivity index (χ1v) is 8.25. The number of benzene rings is 1. The Labute approximate surface area is 146 Å². The topological polar surface area (TPSA) is 65.9 Å². The van der Waals surface area contributed by atoms with Crippen molar-refractivity contribution in [3.05, 3.63) is 54.6 Å². The number of rotatable bonds is 7. The molecule has 7 nitrogen and oxygen atoms in total. The molecule has 1 aromatic heterocycles. The number of nitrogens with zero attached hydrogens (tertiary/aromatic N) is 3. The normalized spacial score (nSPS) is 19.4. The number of hydrogen-bond acceptors (Lipinski definition) is 5. The van der Waals surface area contributed by atoms with Gasteiger partial charge in [-0.1, -0.05) is 35.5 Å². The average Bonchev–Trinajstić information content (AvgIpc) is 3.24. The highest BCUT2D eigenvalue weighted by molar-refractivity contribution is 6.36. The summed E-state index contributed by atoms with van der Waals surface area (Å²) in [6.45, 7) is 3.12. The minimum Gasteiger partial charge on any atom is -0.461 e. The zero-order valence-electron chi connectivity index (χ0n) is 14.4. The summed E-state index contributed by atoms with van der Waals surface area (Å²) in [6, 6.07) is 9.52. The molecule has 0 saturated carbocycles. The van der Waals surface area contributed by atoms with Gasteiger partial charge in [0.2, 0.25) is 6.33 Å². The number of ether oxygens (including phenoxy) is 2. The van der Waals surface area contributed by atoms with Gasteiger partial charge in [-0.05, 0) is 6.92 Å². The Balaban J connectivity index is 1.72. The van der Waals surface area contributed by atoms with E-state index >= 15 is 0 Å². The van der Waals surface area contributed by atoms with Crippen LogP contribution in [0.3, 0.4) is 0 Å². The van der Waals surface area contributed by atoms with Crippen LogP contribution in [0.1, 0.15) is 18.9 Å². The van der Waals surface area contributed by atoms with Crippen molar-refractivity contribution in [1.82, 2.24) is 4.57 Å². The van der Waals surface area contributed by atoms with Crippen molar-refractivity contribution in [3.8, 4) is 0 Å². The number of carbonyl (C=O) groups is 1. The van der Waals surface area contributed by atoms with Crippen LogP contribution in [0.25, 0.3) is 0 Å². The summed E-state index contributed by atoms with van der Waals surface area (Å²) < 4.78 is 15.1. The summed E-state index contributed by atoms with van der Waals surface area (Å²) in [5, 5.41) is 3.92. The van der Waals surface area contributed by atoms with Crippen LogP contribution in [0.2, 0.25) is 0 Å². The van der Waals surface area contributed by atoms with Crippen LogP contribution in [-0.2, 0) is 38.5 Å². The lowest BCUT2D eigenvalue weighted by Gasteiger charge is -2.26. The largest absolute Gasteiger partial charge is 0.461 e. The third-order valence-electron chi connectivity index (χ3n) is 3.94. The van der Waals surface area contributed by atoms with E-state index in [9.17, 15) is 4.79 Å². The maximum Gasteiger partial charge on any atom is 0.356 e. The molecule has 132 valence electrons. The summed E-state index contributed by atoms with van der Waals surface area (Å²) in [6.07, 6.45) is 6.11. The number of carbonyl (C=O) groups excluding carboxylic acids is 1. The van der Waals surface area contributed by atoms with Crippen molar-refractivity contribution >= 4 is 11.7 Å². The summed E-state index contributed by atoms with van der Waals surface area (Å²) in [5.74, 6) is -1.57. The van der Waals surface area contributed by atoms with Crippen molar-refractivity contribution in [3.63, 3.8) is 0 Å². The van der Waals surface area contributed by atoms with Gasteiger partial charge in [-0.2, -0.15) is 0 Å². The highest BCUT2D eigenvalue weighted by Gasteiger charge is 2.44. The fraction of sp³-hybridized carbons (Fsp3) is 0.389. The molecule has 2 heterocycles. The Hall–Kier alpha value is -2.67. The summed E-state index contributed by atoms with van der Waals surface area (Å²) in [7, 11) is 1.96. The van der Waals surface area contributed by atoms with Crippen LogP contribution < -0.4 is 4.57 Å². The monoisotopic (exact) mass is 344 g/mol. The molecule has 1 aliphatic heterocycles. The first-order valence-electron chi connectivity index (χ1n) is 8.25. The molecular formula is C18H22N3O4+. The van der Waals surface area contributed by atoms with Gasteiger partial charge in [0.05, 0.1) is 26.7 Å². The lowest BCUT2D eigenvalue weighted by molar-refractivity contribution is -0.671. The van der Waals surface area contributed by atoms with E-state index in [1.165, 1.54) is 0 Å². The molecule has 0 fully saturated rings. The predicted octanol–water partition coefficient (Wildman–Crippen LogP) is 1.52. The van der Waals surface area contributed by atoms with Crippen molar-refractivity contribution in [2.24, 2.45) is 12.2 Å². The molecule has 7 heteroatoms. The molecular weight excluding hydrogens is 322 g/mol. The average molecular weight is 344 g/mol. The SMILES string of the molecule is CCOC(=O)C1=NOC(OCCn2cc[n+](C)c2)(c2ccccc2)C1. The highest BCUT2D eigenvalue weighted by Crippen LogP contribution is 2.36. The maximum absolute atomic E-state index is 12.0. The minimum absolute atomic E-state index is 0.218. The van der Waals surface area contributed by atoms with E-state index in [1.807, 2.05) is 65.2 Å². The fourth-order valence-electron chi connectivity index (χ4n) is 2.70. The van der Waals surface area contributed by atoms with Crippen LogP contribution in [-0.4, -0.2) is 29.5 Å².